The molecule has 7 nitrogen and oxygen atoms in total. The lowest BCUT2D eigenvalue weighted by Gasteiger charge is -2.08. The summed E-state index contributed by atoms with van der Waals surface area (Å²) in [6.45, 7) is 2.63. The van der Waals surface area contributed by atoms with Crippen LogP contribution in [0.3, 0.4) is 0 Å². The minimum atomic E-state index is -4.23. The minimum absolute atomic E-state index is 0.0550. The zero-order valence-corrected chi connectivity index (χ0v) is 10.1. The van der Waals surface area contributed by atoms with Crippen molar-refractivity contribution in [2.45, 2.75) is 13.5 Å². The minimum Gasteiger partial charge on any atom is -0.398 e. The summed E-state index contributed by atoms with van der Waals surface area (Å²) in [7, 11) is -4.23. The first kappa shape index (κ1) is 13.7. The molecule has 0 aliphatic heterocycles. The topological polar surface area (TPSA) is 114 Å². The van der Waals surface area contributed by atoms with Crippen LogP contribution in [0.4, 0.5) is 5.69 Å². The second-order valence-corrected chi connectivity index (χ2v) is 4.26. The molecule has 0 atom stereocenters. The molecule has 0 aliphatic rings. The predicted molar refractivity (Wildman–Crippen MR) is 61.0 cm³/mol. The van der Waals surface area contributed by atoms with Gasteiger partial charge in [-0.2, -0.15) is 18.6 Å². The zero-order valence-electron chi connectivity index (χ0n) is 9.25. The number of nitrogen functional groups attached to an aromatic ring is 1. The van der Waals surface area contributed by atoms with Gasteiger partial charge in [-0.25, -0.2) is 0 Å². The number of benzene rings is 1. The monoisotopic (exact) mass is 262 g/mol. The maximum atomic E-state index is 10.9. The molecule has 0 radical (unpaired) electrons. The standard InChI is InChI=1S/C9H14N2O5S/c1-2-14-6-7-5-8(3-4-9(7)10)15-17(12,13)16-11/h3-5H,2,6,10-11H2,1H3. The summed E-state index contributed by atoms with van der Waals surface area (Å²) in [5.41, 5.74) is 6.79. The van der Waals surface area contributed by atoms with Gasteiger partial charge in [0.05, 0.1) is 6.61 Å². The summed E-state index contributed by atoms with van der Waals surface area (Å²) in [5.74, 6) is 4.59. The third-order valence-corrected chi connectivity index (χ3v) is 2.52. The number of rotatable bonds is 6. The van der Waals surface area contributed by atoms with E-state index in [1.165, 1.54) is 18.2 Å². The predicted octanol–water partition coefficient (Wildman–Crippen LogP) is 0.319. The molecule has 0 heterocycles. The molecular weight excluding hydrogens is 248 g/mol. The van der Waals surface area contributed by atoms with Crippen molar-refractivity contribution in [3.63, 3.8) is 0 Å². The highest BCUT2D eigenvalue weighted by Gasteiger charge is 2.13. The quantitative estimate of drug-likeness (QED) is 0.560. The van der Waals surface area contributed by atoms with E-state index in [-0.39, 0.29) is 12.4 Å². The number of hydrogen-bond donors (Lipinski definition) is 2. The Bertz CT molecular complexity index is 474. The van der Waals surface area contributed by atoms with Gasteiger partial charge in [0, 0.05) is 17.9 Å². The van der Waals surface area contributed by atoms with Gasteiger partial charge in [-0.1, -0.05) is 0 Å². The molecular formula is C9H14N2O5S. The van der Waals surface area contributed by atoms with E-state index >= 15 is 0 Å². The average Bonchev–Trinajstić information content (AvgIpc) is 2.29. The number of anilines is 1. The molecule has 0 saturated carbocycles. The second kappa shape index (κ2) is 5.82. The zero-order chi connectivity index (χ0) is 12.9. The lowest BCUT2D eigenvalue weighted by molar-refractivity contribution is 0.134. The lowest BCUT2D eigenvalue weighted by Crippen LogP contribution is -2.17. The molecule has 0 amide bonds. The molecule has 0 bridgehead atoms. The van der Waals surface area contributed by atoms with Gasteiger partial charge in [-0.3, -0.25) is 0 Å². The van der Waals surface area contributed by atoms with Crippen molar-refractivity contribution >= 4 is 16.1 Å². The highest BCUT2D eigenvalue weighted by Crippen LogP contribution is 2.21. The van der Waals surface area contributed by atoms with E-state index in [1.807, 2.05) is 6.92 Å². The molecule has 0 aromatic heterocycles. The highest BCUT2D eigenvalue weighted by atomic mass is 32.3. The van der Waals surface area contributed by atoms with Crippen molar-refractivity contribution in [2.24, 2.45) is 5.90 Å². The average molecular weight is 262 g/mol. The summed E-state index contributed by atoms with van der Waals surface area (Å²) < 4.78 is 35.3. The molecule has 17 heavy (non-hydrogen) atoms. The molecule has 1 aromatic carbocycles. The molecule has 0 fully saturated rings. The fourth-order valence-corrected chi connectivity index (χ4v) is 1.49. The number of ether oxygens (including phenoxy) is 1. The second-order valence-electron chi connectivity index (χ2n) is 3.09. The van der Waals surface area contributed by atoms with Gasteiger partial charge in [0.1, 0.15) is 5.75 Å². The Morgan fingerprint density at radius 1 is 1.35 bits per heavy atom. The van der Waals surface area contributed by atoms with Crippen LogP contribution in [0.5, 0.6) is 5.75 Å². The molecule has 8 heteroatoms. The van der Waals surface area contributed by atoms with Crippen LogP contribution in [0.1, 0.15) is 12.5 Å². The van der Waals surface area contributed by atoms with E-state index in [9.17, 15) is 8.42 Å². The van der Waals surface area contributed by atoms with Gasteiger partial charge in [0.15, 0.2) is 0 Å². The number of hydrogen-bond acceptors (Lipinski definition) is 7. The van der Waals surface area contributed by atoms with E-state index in [4.69, 9.17) is 10.5 Å². The van der Waals surface area contributed by atoms with E-state index in [0.717, 1.165) is 0 Å². The lowest BCUT2D eigenvalue weighted by atomic mass is 10.2. The smallest absolute Gasteiger partial charge is 0.398 e. The van der Waals surface area contributed by atoms with Crippen molar-refractivity contribution in [1.29, 1.82) is 0 Å². The molecule has 0 spiro atoms. The molecule has 0 saturated heterocycles. The van der Waals surface area contributed by atoms with Crippen molar-refractivity contribution in [3.8, 4) is 5.75 Å². The summed E-state index contributed by atoms with van der Waals surface area (Å²) in [6.07, 6.45) is 0. The van der Waals surface area contributed by atoms with Crippen molar-refractivity contribution < 1.29 is 21.6 Å². The molecule has 4 N–H and O–H groups in total. The summed E-state index contributed by atoms with van der Waals surface area (Å²) in [5, 5.41) is 0. The first-order valence-corrected chi connectivity index (χ1v) is 6.10. The first-order valence-electron chi connectivity index (χ1n) is 4.77. The Kier molecular flexibility index (Phi) is 4.70. The van der Waals surface area contributed by atoms with Gasteiger partial charge < -0.3 is 14.7 Å². The maximum Gasteiger partial charge on any atom is 0.465 e. The maximum absolute atomic E-state index is 10.9. The van der Waals surface area contributed by atoms with Crippen molar-refractivity contribution in [3.05, 3.63) is 23.8 Å². The van der Waals surface area contributed by atoms with E-state index < -0.39 is 10.4 Å². The largest absolute Gasteiger partial charge is 0.465 e. The third kappa shape index (κ3) is 4.19. The van der Waals surface area contributed by atoms with Gasteiger partial charge in [-0.15, -0.1) is 0 Å². The van der Waals surface area contributed by atoms with Crippen LogP contribution < -0.4 is 15.8 Å². The van der Waals surface area contributed by atoms with E-state index in [2.05, 4.69) is 14.4 Å². The normalized spacial score (nSPS) is 11.4. The Labute approximate surface area is 99.5 Å². The van der Waals surface area contributed by atoms with Crippen LogP contribution in [-0.4, -0.2) is 15.0 Å². The Morgan fingerprint density at radius 3 is 2.65 bits per heavy atom. The molecule has 0 aliphatic carbocycles. The van der Waals surface area contributed by atoms with Crippen LogP contribution in [0.15, 0.2) is 18.2 Å². The summed E-state index contributed by atoms with van der Waals surface area (Å²) >= 11 is 0. The van der Waals surface area contributed by atoms with E-state index in [0.29, 0.717) is 17.9 Å². The fraction of sp³-hybridized carbons (Fsp3) is 0.333. The Balaban J connectivity index is 2.88. The Hall–Kier alpha value is -1.35. The van der Waals surface area contributed by atoms with Crippen molar-refractivity contribution in [1.82, 2.24) is 0 Å². The highest BCUT2D eigenvalue weighted by molar-refractivity contribution is 7.82. The summed E-state index contributed by atoms with van der Waals surface area (Å²) in [4.78, 5) is 0. The summed E-state index contributed by atoms with van der Waals surface area (Å²) in [6, 6.07) is 4.35. The molecule has 96 valence electrons. The van der Waals surface area contributed by atoms with Crippen molar-refractivity contribution in [2.75, 3.05) is 12.3 Å². The van der Waals surface area contributed by atoms with Gasteiger partial charge in [0.25, 0.3) is 0 Å². The van der Waals surface area contributed by atoms with Crippen LogP contribution in [0.25, 0.3) is 0 Å². The molecule has 1 aromatic rings. The van der Waals surface area contributed by atoms with Gasteiger partial charge in [-0.05, 0) is 25.1 Å². The van der Waals surface area contributed by atoms with Crippen LogP contribution in [0, 0.1) is 0 Å². The third-order valence-electron chi connectivity index (χ3n) is 1.89. The van der Waals surface area contributed by atoms with Gasteiger partial charge in [0.2, 0.25) is 0 Å². The Morgan fingerprint density at radius 2 is 2.06 bits per heavy atom. The van der Waals surface area contributed by atoms with E-state index in [1.54, 1.807) is 0 Å². The SMILES string of the molecule is CCOCc1cc(OS(=O)(=O)ON)ccc1N. The van der Waals surface area contributed by atoms with Crippen LogP contribution >= 0.6 is 0 Å². The van der Waals surface area contributed by atoms with Crippen LogP contribution in [-0.2, 0) is 26.0 Å². The first-order chi connectivity index (χ1) is 7.98. The fourth-order valence-electron chi connectivity index (χ4n) is 1.11. The number of nitrogens with two attached hydrogens (primary N) is 2. The van der Waals surface area contributed by atoms with Gasteiger partial charge >= 0.3 is 10.4 Å². The molecule has 0 unspecified atom stereocenters. The molecule has 1 rings (SSSR count). The van der Waals surface area contributed by atoms with Crippen LogP contribution in [0.2, 0.25) is 0 Å².